The molecule has 35 heavy (non-hydrogen) atoms. The van der Waals surface area contributed by atoms with Gasteiger partial charge in [-0.3, -0.25) is 9.36 Å². The van der Waals surface area contributed by atoms with Gasteiger partial charge in [0.1, 0.15) is 6.04 Å². The van der Waals surface area contributed by atoms with Crippen molar-refractivity contribution >= 4 is 44.3 Å². The van der Waals surface area contributed by atoms with E-state index < -0.39 is 21.8 Å². The summed E-state index contributed by atoms with van der Waals surface area (Å²) in [5.74, 6) is -0.727. The van der Waals surface area contributed by atoms with E-state index in [1.165, 1.54) is 22.8 Å². The number of hydrogen-bond donors (Lipinski definition) is 1. The van der Waals surface area contributed by atoms with E-state index in [1.807, 2.05) is 38.1 Å². The molecule has 1 fully saturated rings. The summed E-state index contributed by atoms with van der Waals surface area (Å²) >= 11 is 5.98. The van der Waals surface area contributed by atoms with Crippen LogP contribution >= 0.6 is 11.6 Å². The Bertz CT molecular complexity index is 1370. The fourth-order valence-electron chi connectivity index (χ4n) is 4.26. The Labute approximate surface area is 209 Å². The molecule has 1 aromatic heterocycles. The molecule has 0 saturated carbocycles. The number of halogens is 1. The highest BCUT2D eigenvalue weighted by molar-refractivity contribution is 7.89. The van der Waals surface area contributed by atoms with Crippen molar-refractivity contribution in [3.8, 4) is 0 Å². The van der Waals surface area contributed by atoms with Gasteiger partial charge in [0.15, 0.2) is 5.58 Å². The van der Waals surface area contributed by atoms with Crippen LogP contribution in [0, 0.1) is 5.92 Å². The standard InChI is InChI=1S/C24H29ClN4O5S/c1-16(2)14-20(23(30)29-12-10-28(11-13-29)18-6-4-17(25)5-7-18)26-35(32,33)19-8-9-21-22(15-19)34-24(31)27(21)3/h4-9,15-16,20,26H,10-14H2,1-3H3/t20-/m1/s1. The summed E-state index contributed by atoms with van der Waals surface area (Å²) < 4.78 is 35.4. The zero-order valence-electron chi connectivity index (χ0n) is 19.9. The maximum atomic E-state index is 13.4. The van der Waals surface area contributed by atoms with E-state index in [0.29, 0.717) is 43.1 Å². The normalized spacial score (nSPS) is 15.7. The fourth-order valence-corrected chi connectivity index (χ4v) is 5.61. The molecule has 1 saturated heterocycles. The number of nitrogens with zero attached hydrogens (tertiary/aromatic N) is 3. The number of piperazine rings is 1. The number of carbonyl (C=O) groups excluding carboxylic acids is 1. The number of fused-ring (bicyclic) bond motifs is 1. The first-order chi connectivity index (χ1) is 16.5. The maximum absolute atomic E-state index is 13.4. The zero-order valence-corrected chi connectivity index (χ0v) is 21.5. The van der Waals surface area contributed by atoms with Crippen molar-refractivity contribution in [2.75, 3.05) is 31.1 Å². The van der Waals surface area contributed by atoms with Crippen molar-refractivity contribution in [2.45, 2.75) is 31.2 Å². The first-order valence-electron chi connectivity index (χ1n) is 11.5. The van der Waals surface area contributed by atoms with Gasteiger partial charge in [0, 0.05) is 50.0 Å². The number of hydrogen-bond acceptors (Lipinski definition) is 6. The van der Waals surface area contributed by atoms with Crippen LogP contribution in [0.25, 0.3) is 11.1 Å². The van der Waals surface area contributed by atoms with Crippen molar-refractivity contribution < 1.29 is 17.6 Å². The van der Waals surface area contributed by atoms with Gasteiger partial charge in [-0.15, -0.1) is 0 Å². The summed E-state index contributed by atoms with van der Waals surface area (Å²) in [6.07, 6.45) is 0.359. The molecule has 1 amide bonds. The van der Waals surface area contributed by atoms with Crippen LogP contribution < -0.4 is 15.4 Å². The van der Waals surface area contributed by atoms with Crippen LogP contribution in [0.15, 0.2) is 56.6 Å². The van der Waals surface area contributed by atoms with Crippen molar-refractivity contribution in [3.05, 3.63) is 58.0 Å². The summed E-state index contributed by atoms with van der Waals surface area (Å²) in [5, 5.41) is 0.667. The molecule has 0 aliphatic carbocycles. The maximum Gasteiger partial charge on any atom is 0.419 e. The molecule has 0 spiro atoms. The third-order valence-electron chi connectivity index (χ3n) is 6.16. The minimum Gasteiger partial charge on any atom is -0.408 e. The van der Waals surface area contributed by atoms with E-state index >= 15 is 0 Å². The average Bonchev–Trinajstić information content (AvgIpc) is 3.11. The third-order valence-corrected chi connectivity index (χ3v) is 7.88. The number of sulfonamides is 1. The van der Waals surface area contributed by atoms with E-state index in [2.05, 4.69) is 9.62 Å². The Morgan fingerprint density at radius 2 is 1.74 bits per heavy atom. The summed E-state index contributed by atoms with van der Waals surface area (Å²) in [6, 6.07) is 10.9. The molecule has 0 unspecified atom stereocenters. The Morgan fingerprint density at radius 1 is 1.09 bits per heavy atom. The molecule has 1 aliphatic heterocycles. The Morgan fingerprint density at radius 3 is 2.37 bits per heavy atom. The Balaban J connectivity index is 1.49. The molecule has 2 aromatic carbocycles. The van der Waals surface area contributed by atoms with Gasteiger partial charge in [-0.1, -0.05) is 25.4 Å². The molecule has 4 rings (SSSR count). The zero-order chi connectivity index (χ0) is 25.3. The lowest BCUT2D eigenvalue weighted by Crippen LogP contribution is -2.55. The van der Waals surface area contributed by atoms with Gasteiger partial charge in [0.05, 0.1) is 10.4 Å². The molecule has 188 valence electrons. The molecule has 11 heteroatoms. The highest BCUT2D eigenvalue weighted by Gasteiger charge is 2.32. The van der Waals surface area contributed by atoms with Crippen LogP contribution in [0.3, 0.4) is 0 Å². The van der Waals surface area contributed by atoms with E-state index in [-0.39, 0.29) is 22.3 Å². The molecular weight excluding hydrogens is 492 g/mol. The molecule has 2 heterocycles. The fraction of sp³-hybridized carbons (Fsp3) is 0.417. The Hall–Kier alpha value is -2.82. The predicted octanol–water partition coefficient (Wildman–Crippen LogP) is 2.83. The van der Waals surface area contributed by atoms with Gasteiger partial charge < -0.3 is 14.2 Å². The first-order valence-corrected chi connectivity index (χ1v) is 13.3. The van der Waals surface area contributed by atoms with Crippen LogP contribution in [0.5, 0.6) is 0 Å². The van der Waals surface area contributed by atoms with E-state index in [4.69, 9.17) is 16.0 Å². The van der Waals surface area contributed by atoms with Crippen LogP contribution in [0.4, 0.5) is 5.69 Å². The molecule has 9 nitrogen and oxygen atoms in total. The molecule has 1 aliphatic rings. The highest BCUT2D eigenvalue weighted by atomic mass is 35.5. The number of oxazole rings is 1. The van der Waals surface area contributed by atoms with Gasteiger partial charge in [-0.05, 0) is 48.7 Å². The van der Waals surface area contributed by atoms with Gasteiger partial charge >= 0.3 is 5.76 Å². The number of aryl methyl sites for hydroxylation is 1. The second-order valence-corrected chi connectivity index (χ2v) is 11.3. The van der Waals surface area contributed by atoms with Crippen LogP contribution in [0.2, 0.25) is 5.02 Å². The second-order valence-electron chi connectivity index (χ2n) is 9.15. The predicted molar refractivity (Wildman–Crippen MR) is 135 cm³/mol. The molecule has 3 aromatic rings. The first kappa shape index (κ1) is 25.3. The van der Waals surface area contributed by atoms with Gasteiger partial charge in [-0.2, -0.15) is 4.72 Å². The quantitative estimate of drug-likeness (QED) is 0.513. The molecule has 1 N–H and O–H groups in total. The molecule has 0 bridgehead atoms. The minimum atomic E-state index is -4.03. The number of rotatable bonds is 7. The monoisotopic (exact) mass is 520 g/mol. The topological polar surface area (TPSA) is 105 Å². The van der Waals surface area contributed by atoms with E-state index in [1.54, 1.807) is 11.9 Å². The number of carbonyl (C=O) groups is 1. The number of aromatic nitrogens is 1. The average molecular weight is 521 g/mol. The van der Waals surface area contributed by atoms with Gasteiger partial charge in [0.2, 0.25) is 15.9 Å². The molecule has 1 atom stereocenters. The van der Waals surface area contributed by atoms with Gasteiger partial charge in [-0.25, -0.2) is 13.2 Å². The van der Waals surface area contributed by atoms with Crippen LogP contribution in [0.1, 0.15) is 20.3 Å². The largest absolute Gasteiger partial charge is 0.419 e. The van der Waals surface area contributed by atoms with Crippen LogP contribution in [-0.4, -0.2) is 56.0 Å². The lowest BCUT2D eigenvalue weighted by atomic mass is 10.0. The number of amides is 1. The van der Waals surface area contributed by atoms with E-state index in [0.717, 1.165) is 5.69 Å². The molecular formula is C24H29ClN4O5S. The molecule has 0 radical (unpaired) electrons. The van der Waals surface area contributed by atoms with Crippen molar-refractivity contribution in [3.63, 3.8) is 0 Å². The van der Waals surface area contributed by atoms with Crippen molar-refractivity contribution in [1.29, 1.82) is 0 Å². The van der Waals surface area contributed by atoms with E-state index in [9.17, 15) is 18.0 Å². The number of anilines is 1. The Kier molecular flexibility index (Phi) is 7.25. The van der Waals surface area contributed by atoms with Gasteiger partial charge in [0.25, 0.3) is 0 Å². The summed E-state index contributed by atoms with van der Waals surface area (Å²) in [7, 11) is -2.49. The third kappa shape index (κ3) is 5.55. The lowest BCUT2D eigenvalue weighted by Gasteiger charge is -2.38. The van der Waals surface area contributed by atoms with Crippen LogP contribution in [-0.2, 0) is 21.9 Å². The lowest BCUT2D eigenvalue weighted by molar-refractivity contribution is -0.133. The summed E-state index contributed by atoms with van der Waals surface area (Å²) in [6.45, 7) is 6.13. The van der Waals surface area contributed by atoms with Crippen molar-refractivity contribution in [2.24, 2.45) is 13.0 Å². The number of nitrogens with one attached hydrogen (secondary N) is 1. The summed E-state index contributed by atoms with van der Waals surface area (Å²) in [4.78, 5) is 29.0. The van der Waals surface area contributed by atoms with Crippen molar-refractivity contribution in [1.82, 2.24) is 14.2 Å². The minimum absolute atomic E-state index is 0.0616. The smallest absolute Gasteiger partial charge is 0.408 e. The SMILES string of the molecule is CC(C)C[C@@H](NS(=O)(=O)c1ccc2c(c1)oc(=O)n2C)C(=O)N1CCN(c2ccc(Cl)cc2)CC1. The number of benzene rings is 2. The second kappa shape index (κ2) is 10.0. The highest BCUT2D eigenvalue weighted by Crippen LogP contribution is 2.22. The summed E-state index contributed by atoms with van der Waals surface area (Å²) in [5.41, 5.74) is 1.69.